The van der Waals surface area contributed by atoms with Crippen molar-refractivity contribution in [1.82, 2.24) is 0 Å². The highest BCUT2D eigenvalue weighted by Crippen LogP contribution is 2.19. The van der Waals surface area contributed by atoms with E-state index in [4.69, 9.17) is 14.2 Å². The van der Waals surface area contributed by atoms with Gasteiger partial charge in [0.25, 0.3) is 0 Å². The van der Waals surface area contributed by atoms with Gasteiger partial charge < -0.3 is 14.2 Å². The maximum absolute atomic E-state index is 12.9. The van der Waals surface area contributed by atoms with Crippen molar-refractivity contribution in [1.29, 1.82) is 0 Å². The maximum Gasteiger partial charge on any atom is 0.306 e. The second-order valence-electron chi connectivity index (χ2n) is 21.4. The number of esters is 3. The highest BCUT2D eigenvalue weighted by atomic mass is 16.6. The summed E-state index contributed by atoms with van der Waals surface area (Å²) in [5.74, 6) is 0.884. The van der Waals surface area contributed by atoms with Gasteiger partial charge in [-0.2, -0.15) is 0 Å². The smallest absolute Gasteiger partial charge is 0.306 e. The summed E-state index contributed by atoms with van der Waals surface area (Å²) < 4.78 is 16.9. The Hall–Kier alpha value is -1.59. The fourth-order valence-electron chi connectivity index (χ4n) is 9.20. The van der Waals surface area contributed by atoms with E-state index in [1.165, 1.54) is 225 Å². The fourth-order valence-corrected chi connectivity index (χ4v) is 9.20. The number of rotatable bonds is 54. The van der Waals surface area contributed by atoms with Crippen LogP contribution in [0.5, 0.6) is 0 Å². The summed E-state index contributed by atoms with van der Waals surface area (Å²) in [5, 5.41) is 0. The lowest BCUT2D eigenvalue weighted by molar-refractivity contribution is -0.167. The van der Waals surface area contributed by atoms with E-state index < -0.39 is 6.10 Å². The van der Waals surface area contributed by atoms with Gasteiger partial charge in [0.2, 0.25) is 0 Å². The first-order valence-electron chi connectivity index (χ1n) is 29.8. The minimum Gasteiger partial charge on any atom is -0.462 e. The molecular weight excluding hydrogens is 817 g/mol. The predicted molar refractivity (Wildman–Crippen MR) is 284 cm³/mol. The molecule has 0 aliphatic carbocycles. The van der Waals surface area contributed by atoms with Crippen molar-refractivity contribution in [2.24, 2.45) is 11.8 Å². The third-order valence-electron chi connectivity index (χ3n) is 14.1. The van der Waals surface area contributed by atoms with Crippen LogP contribution in [0.2, 0.25) is 0 Å². The quantitative estimate of drug-likeness (QED) is 0.0343. The Bertz CT molecular complexity index is 1010. The normalized spacial score (nSPS) is 12.5. The number of hydrogen-bond acceptors (Lipinski definition) is 6. The minimum atomic E-state index is -0.763. The number of carbonyl (C=O) groups is 3. The number of unbranched alkanes of at least 4 members (excludes halogenated alkanes) is 38. The van der Waals surface area contributed by atoms with E-state index in [0.717, 1.165) is 69.6 Å². The highest BCUT2D eigenvalue weighted by Gasteiger charge is 2.19. The molecule has 0 aromatic heterocycles. The number of ether oxygens (including phenoxy) is 3. The Balaban J connectivity index is 4.30. The van der Waals surface area contributed by atoms with Crippen LogP contribution in [0.15, 0.2) is 0 Å². The van der Waals surface area contributed by atoms with Gasteiger partial charge in [0.15, 0.2) is 6.10 Å². The molecule has 0 aromatic carbocycles. The molecule has 0 bridgehead atoms. The summed E-state index contributed by atoms with van der Waals surface area (Å²) in [6.07, 6.45) is 56.6. The highest BCUT2D eigenvalue weighted by molar-refractivity contribution is 5.71. The Morgan fingerprint density at radius 2 is 0.576 bits per heavy atom. The van der Waals surface area contributed by atoms with E-state index in [-0.39, 0.29) is 31.1 Å². The van der Waals surface area contributed by atoms with Crippen LogP contribution >= 0.6 is 0 Å². The lowest BCUT2D eigenvalue weighted by Crippen LogP contribution is -2.30. The van der Waals surface area contributed by atoms with E-state index in [2.05, 4.69) is 34.6 Å². The van der Waals surface area contributed by atoms with Crippen molar-refractivity contribution >= 4 is 17.9 Å². The van der Waals surface area contributed by atoms with Gasteiger partial charge in [0.1, 0.15) is 13.2 Å². The van der Waals surface area contributed by atoms with Gasteiger partial charge in [0, 0.05) is 19.3 Å². The van der Waals surface area contributed by atoms with Crippen molar-refractivity contribution in [2.75, 3.05) is 13.2 Å². The molecule has 0 N–H and O–H groups in total. The summed E-state index contributed by atoms with van der Waals surface area (Å²) >= 11 is 0. The molecule has 0 heterocycles. The Kier molecular flexibility index (Phi) is 51.5. The number of hydrogen-bond donors (Lipinski definition) is 0. The van der Waals surface area contributed by atoms with Crippen LogP contribution in [0, 0.1) is 11.8 Å². The third-order valence-corrected chi connectivity index (χ3v) is 14.1. The Morgan fingerprint density at radius 3 is 0.864 bits per heavy atom. The van der Waals surface area contributed by atoms with Crippen LogP contribution in [-0.4, -0.2) is 37.2 Å². The van der Waals surface area contributed by atoms with Crippen LogP contribution < -0.4 is 0 Å². The molecule has 0 aromatic rings. The molecule has 0 saturated heterocycles. The fraction of sp³-hybridized carbons (Fsp3) is 0.950. The summed E-state index contributed by atoms with van der Waals surface area (Å²) in [4.78, 5) is 38.2. The van der Waals surface area contributed by atoms with Gasteiger partial charge in [-0.25, -0.2) is 0 Å². The van der Waals surface area contributed by atoms with E-state index in [9.17, 15) is 14.4 Å². The third kappa shape index (κ3) is 51.8. The van der Waals surface area contributed by atoms with Gasteiger partial charge in [-0.1, -0.05) is 298 Å². The van der Waals surface area contributed by atoms with E-state index in [1.807, 2.05) is 0 Å². The van der Waals surface area contributed by atoms with Crippen LogP contribution in [0.25, 0.3) is 0 Å². The number of carbonyl (C=O) groups excluding carboxylic acids is 3. The molecular formula is C60H116O6. The van der Waals surface area contributed by atoms with Crippen molar-refractivity contribution in [3.05, 3.63) is 0 Å². The average Bonchev–Trinajstić information content (AvgIpc) is 3.30. The SMILES string of the molecule is CCCCCCCCCCCCCCCCCCC(=O)OC[C@@H](COC(=O)CCCCCCCCCCCCCC(C)C)OC(=O)CCCCCCCCCCCCCCCCC(C)CC. The molecule has 0 aliphatic rings. The van der Waals surface area contributed by atoms with Crippen molar-refractivity contribution in [2.45, 2.75) is 343 Å². The molecule has 0 radical (unpaired) electrons. The second kappa shape index (κ2) is 52.8. The average molecular weight is 934 g/mol. The molecule has 2 atom stereocenters. The van der Waals surface area contributed by atoms with Crippen molar-refractivity contribution in [3.63, 3.8) is 0 Å². The zero-order valence-electron chi connectivity index (χ0n) is 45.3. The van der Waals surface area contributed by atoms with Crippen LogP contribution in [-0.2, 0) is 28.6 Å². The molecule has 0 rings (SSSR count). The molecule has 6 heteroatoms. The van der Waals surface area contributed by atoms with Gasteiger partial charge in [-0.3, -0.25) is 14.4 Å². The molecule has 0 spiro atoms. The topological polar surface area (TPSA) is 78.9 Å². The maximum atomic E-state index is 12.9. The van der Waals surface area contributed by atoms with Crippen molar-refractivity contribution in [3.8, 4) is 0 Å². The first-order chi connectivity index (χ1) is 32.3. The summed E-state index contributed by atoms with van der Waals surface area (Å²) in [6, 6.07) is 0. The summed E-state index contributed by atoms with van der Waals surface area (Å²) in [6.45, 7) is 11.5. The van der Waals surface area contributed by atoms with E-state index in [0.29, 0.717) is 19.3 Å². The summed E-state index contributed by atoms with van der Waals surface area (Å²) in [7, 11) is 0. The molecule has 0 fully saturated rings. The molecule has 1 unspecified atom stereocenters. The first-order valence-corrected chi connectivity index (χ1v) is 29.8. The van der Waals surface area contributed by atoms with E-state index in [1.54, 1.807) is 0 Å². The van der Waals surface area contributed by atoms with Gasteiger partial charge in [-0.15, -0.1) is 0 Å². The Morgan fingerprint density at radius 1 is 0.318 bits per heavy atom. The molecule has 6 nitrogen and oxygen atoms in total. The monoisotopic (exact) mass is 933 g/mol. The Labute approximate surface area is 412 Å². The lowest BCUT2D eigenvalue weighted by atomic mass is 9.99. The van der Waals surface area contributed by atoms with Crippen LogP contribution in [0.3, 0.4) is 0 Å². The van der Waals surface area contributed by atoms with Gasteiger partial charge in [-0.05, 0) is 31.1 Å². The molecule has 0 amide bonds. The zero-order valence-corrected chi connectivity index (χ0v) is 45.3. The lowest BCUT2D eigenvalue weighted by Gasteiger charge is -2.18. The van der Waals surface area contributed by atoms with Gasteiger partial charge in [0.05, 0.1) is 0 Å². The molecule has 66 heavy (non-hydrogen) atoms. The van der Waals surface area contributed by atoms with Crippen LogP contribution in [0.1, 0.15) is 336 Å². The molecule has 392 valence electrons. The second-order valence-corrected chi connectivity index (χ2v) is 21.4. The standard InChI is InChI=1S/C60H116O6/c1-6-8-9-10-11-12-13-14-15-16-20-25-30-35-40-45-50-58(61)64-53-57(54-65-59(62)51-46-41-36-31-27-22-23-28-33-38-43-48-55(3)4)66-60(63)52-47-42-37-32-26-21-18-17-19-24-29-34-39-44-49-56(5)7-2/h55-57H,6-54H2,1-5H3/t56?,57-/m0/s1. The molecule has 0 saturated carbocycles. The van der Waals surface area contributed by atoms with E-state index >= 15 is 0 Å². The van der Waals surface area contributed by atoms with Crippen molar-refractivity contribution < 1.29 is 28.6 Å². The van der Waals surface area contributed by atoms with Gasteiger partial charge >= 0.3 is 17.9 Å². The summed E-state index contributed by atoms with van der Waals surface area (Å²) in [5.41, 5.74) is 0. The zero-order chi connectivity index (χ0) is 48.2. The van der Waals surface area contributed by atoms with Crippen LogP contribution in [0.4, 0.5) is 0 Å². The first kappa shape index (κ1) is 64.4. The predicted octanol–water partition coefficient (Wildman–Crippen LogP) is 19.7. The molecule has 0 aliphatic heterocycles. The minimum absolute atomic E-state index is 0.0625. The largest absolute Gasteiger partial charge is 0.462 e.